The molecule has 1 aliphatic rings. The molecule has 0 radical (unpaired) electrons. The van der Waals surface area contributed by atoms with Gasteiger partial charge in [0.05, 0.1) is 23.0 Å². The Morgan fingerprint density at radius 1 is 1.33 bits per heavy atom. The molecule has 0 saturated carbocycles. The van der Waals surface area contributed by atoms with Crippen LogP contribution in [0.4, 0.5) is 5.95 Å². The van der Waals surface area contributed by atoms with Crippen molar-refractivity contribution in [3.05, 3.63) is 23.1 Å². The summed E-state index contributed by atoms with van der Waals surface area (Å²) in [6.07, 6.45) is 6.24. The first kappa shape index (κ1) is 19.3. The lowest BCUT2D eigenvalue weighted by molar-refractivity contribution is -0.135. The normalized spacial score (nSPS) is 17.2. The molecule has 0 unspecified atom stereocenters. The minimum atomic E-state index is -0.0562. The number of anilines is 1. The number of piperidine rings is 1. The van der Waals surface area contributed by atoms with Gasteiger partial charge in [0.2, 0.25) is 11.9 Å². The minimum absolute atomic E-state index is 0.0562. The van der Waals surface area contributed by atoms with Crippen LogP contribution in [-0.4, -0.2) is 46.6 Å². The van der Waals surface area contributed by atoms with Crippen LogP contribution in [0, 0.1) is 13.8 Å². The van der Waals surface area contributed by atoms with Gasteiger partial charge in [0.15, 0.2) is 5.76 Å². The van der Waals surface area contributed by atoms with Crippen LogP contribution < -0.4 is 4.90 Å². The van der Waals surface area contributed by atoms with E-state index in [0.717, 1.165) is 54.7 Å². The molecule has 3 rings (SSSR count). The third kappa shape index (κ3) is 3.82. The highest BCUT2D eigenvalue weighted by Gasteiger charge is 2.32. The number of carbonyl (C=O) groups is 1. The van der Waals surface area contributed by atoms with E-state index in [1.807, 2.05) is 50.9 Å². The van der Waals surface area contributed by atoms with Gasteiger partial charge in [-0.1, -0.05) is 12.1 Å². The summed E-state index contributed by atoms with van der Waals surface area (Å²) in [6.45, 7) is 6.73. The summed E-state index contributed by atoms with van der Waals surface area (Å²) in [5.41, 5.74) is 3.53. The van der Waals surface area contributed by atoms with Gasteiger partial charge in [-0.25, -0.2) is 9.97 Å². The number of amides is 1. The van der Waals surface area contributed by atoms with Crippen molar-refractivity contribution in [2.24, 2.45) is 0 Å². The Bertz CT molecular complexity index is 815. The second-order valence-electron chi connectivity index (χ2n) is 7.43. The van der Waals surface area contributed by atoms with Crippen molar-refractivity contribution in [2.45, 2.75) is 58.9 Å². The van der Waals surface area contributed by atoms with Gasteiger partial charge in [0.1, 0.15) is 0 Å². The molecule has 3 heterocycles. The third-order valence-electron chi connectivity index (χ3n) is 5.21. The topological polar surface area (TPSA) is 75.4 Å². The van der Waals surface area contributed by atoms with E-state index in [1.54, 1.807) is 0 Å². The summed E-state index contributed by atoms with van der Waals surface area (Å²) >= 11 is 0. The molecule has 7 nitrogen and oxygen atoms in total. The lowest BCUT2D eigenvalue weighted by Crippen LogP contribution is -2.39. The van der Waals surface area contributed by atoms with Crippen LogP contribution >= 0.6 is 0 Å². The van der Waals surface area contributed by atoms with Gasteiger partial charge in [0, 0.05) is 38.8 Å². The maximum absolute atomic E-state index is 12.8. The van der Waals surface area contributed by atoms with E-state index in [4.69, 9.17) is 9.51 Å². The van der Waals surface area contributed by atoms with Crippen molar-refractivity contribution in [3.8, 4) is 11.3 Å². The molecule has 146 valence electrons. The predicted molar refractivity (Wildman–Crippen MR) is 105 cm³/mol. The molecule has 1 fully saturated rings. The summed E-state index contributed by atoms with van der Waals surface area (Å²) in [4.78, 5) is 26.0. The molecular formula is C20H29N5O2. The van der Waals surface area contributed by atoms with Gasteiger partial charge in [-0.2, -0.15) is 0 Å². The van der Waals surface area contributed by atoms with Crippen LogP contribution in [-0.2, 0) is 4.79 Å². The van der Waals surface area contributed by atoms with E-state index in [-0.39, 0.29) is 11.9 Å². The minimum Gasteiger partial charge on any atom is -0.356 e. The van der Waals surface area contributed by atoms with Crippen LogP contribution in [0.1, 0.15) is 62.0 Å². The monoisotopic (exact) mass is 371 g/mol. The van der Waals surface area contributed by atoms with Crippen LogP contribution in [0.5, 0.6) is 0 Å². The highest BCUT2D eigenvalue weighted by Crippen LogP contribution is 2.38. The van der Waals surface area contributed by atoms with E-state index < -0.39 is 0 Å². The van der Waals surface area contributed by atoms with Gasteiger partial charge in [-0.15, -0.1) is 0 Å². The summed E-state index contributed by atoms with van der Waals surface area (Å²) in [5.74, 6) is 1.53. The van der Waals surface area contributed by atoms with Gasteiger partial charge in [-0.3, -0.25) is 4.79 Å². The van der Waals surface area contributed by atoms with Crippen molar-refractivity contribution in [1.82, 2.24) is 20.0 Å². The molecule has 1 amide bonds. The van der Waals surface area contributed by atoms with E-state index >= 15 is 0 Å². The third-order valence-corrected chi connectivity index (χ3v) is 5.21. The van der Waals surface area contributed by atoms with Crippen molar-refractivity contribution in [1.29, 1.82) is 0 Å². The molecule has 2 aromatic rings. The molecule has 7 heteroatoms. The highest BCUT2D eigenvalue weighted by molar-refractivity contribution is 5.77. The van der Waals surface area contributed by atoms with Crippen LogP contribution in [0.15, 0.2) is 10.7 Å². The van der Waals surface area contributed by atoms with E-state index in [1.165, 1.54) is 0 Å². The molecule has 1 atom stereocenters. The first-order chi connectivity index (χ1) is 12.9. The number of aromatic nitrogens is 3. The number of carbonyl (C=O) groups excluding carboxylic acids is 1. The second kappa shape index (κ2) is 8.06. The Hall–Kier alpha value is -2.44. The smallest absolute Gasteiger partial charge is 0.225 e. The van der Waals surface area contributed by atoms with Gasteiger partial charge in [0.25, 0.3) is 0 Å². The molecule has 0 spiro atoms. The van der Waals surface area contributed by atoms with Gasteiger partial charge in [-0.05, 0) is 39.5 Å². The van der Waals surface area contributed by atoms with Crippen LogP contribution in [0.25, 0.3) is 11.3 Å². The van der Waals surface area contributed by atoms with E-state index in [0.29, 0.717) is 18.1 Å². The fraction of sp³-hybridized carbons (Fsp3) is 0.600. The number of aryl methyl sites for hydroxylation is 1. The Kier molecular flexibility index (Phi) is 5.77. The van der Waals surface area contributed by atoms with Gasteiger partial charge < -0.3 is 14.3 Å². The first-order valence-electron chi connectivity index (χ1n) is 9.71. The summed E-state index contributed by atoms with van der Waals surface area (Å²) in [6, 6.07) is -0.0562. The van der Waals surface area contributed by atoms with Crippen molar-refractivity contribution >= 4 is 11.9 Å². The summed E-state index contributed by atoms with van der Waals surface area (Å²) in [5, 5.41) is 4.10. The predicted octanol–water partition coefficient (Wildman–Crippen LogP) is 3.67. The highest BCUT2D eigenvalue weighted by atomic mass is 16.5. The molecule has 1 saturated heterocycles. The zero-order valence-corrected chi connectivity index (χ0v) is 16.9. The Morgan fingerprint density at radius 3 is 2.74 bits per heavy atom. The Morgan fingerprint density at radius 2 is 2.11 bits per heavy atom. The molecule has 0 aliphatic carbocycles. The quantitative estimate of drug-likeness (QED) is 0.798. The average Bonchev–Trinajstić information content (AvgIpc) is 3.00. The number of hydrogen-bond acceptors (Lipinski definition) is 6. The maximum atomic E-state index is 12.8. The van der Waals surface area contributed by atoms with E-state index in [2.05, 4.69) is 10.1 Å². The fourth-order valence-corrected chi connectivity index (χ4v) is 3.57. The molecule has 2 aromatic heterocycles. The van der Waals surface area contributed by atoms with E-state index in [9.17, 15) is 4.79 Å². The van der Waals surface area contributed by atoms with Crippen LogP contribution in [0.2, 0.25) is 0 Å². The SMILES string of the molecule is CCCC(=O)N1CCCC[C@H]1c1nc(N(C)C)ncc1-c1onc(C)c1C. The molecular weight excluding hydrogens is 342 g/mol. The second-order valence-corrected chi connectivity index (χ2v) is 7.43. The number of rotatable bonds is 5. The number of hydrogen-bond donors (Lipinski definition) is 0. The zero-order chi connectivity index (χ0) is 19.6. The Balaban J connectivity index is 2.11. The summed E-state index contributed by atoms with van der Waals surface area (Å²) < 4.78 is 5.61. The van der Waals surface area contributed by atoms with Gasteiger partial charge >= 0.3 is 0 Å². The van der Waals surface area contributed by atoms with Crippen LogP contribution in [0.3, 0.4) is 0 Å². The Labute approximate surface area is 160 Å². The average molecular weight is 371 g/mol. The van der Waals surface area contributed by atoms with Crippen molar-refractivity contribution in [2.75, 3.05) is 25.5 Å². The molecule has 1 aliphatic heterocycles. The standard InChI is InChI=1S/C20H29N5O2/c1-6-9-17(26)25-11-8-7-10-16(25)18-15(12-21-20(22-18)24(4)5)19-13(2)14(3)23-27-19/h12,16H,6-11H2,1-5H3/t16-/m0/s1. The molecule has 27 heavy (non-hydrogen) atoms. The largest absolute Gasteiger partial charge is 0.356 e. The van der Waals surface area contributed by atoms with Crippen molar-refractivity contribution in [3.63, 3.8) is 0 Å². The number of nitrogens with zero attached hydrogens (tertiary/aromatic N) is 5. The lowest BCUT2D eigenvalue weighted by atomic mass is 9.94. The molecule has 0 bridgehead atoms. The lowest BCUT2D eigenvalue weighted by Gasteiger charge is -2.36. The zero-order valence-electron chi connectivity index (χ0n) is 16.9. The summed E-state index contributed by atoms with van der Waals surface area (Å²) in [7, 11) is 3.84. The maximum Gasteiger partial charge on any atom is 0.225 e. The first-order valence-corrected chi connectivity index (χ1v) is 9.71. The molecule has 0 aromatic carbocycles. The van der Waals surface area contributed by atoms with Crippen molar-refractivity contribution < 1.29 is 9.32 Å². The molecule has 0 N–H and O–H groups in total. The fourth-order valence-electron chi connectivity index (χ4n) is 3.57. The number of likely N-dealkylation sites (tertiary alicyclic amines) is 1.